The van der Waals surface area contributed by atoms with Crippen LogP contribution in [0.5, 0.6) is 0 Å². The highest BCUT2D eigenvalue weighted by atomic mass is 15.2. The Hall–Kier alpha value is -2.36. The van der Waals surface area contributed by atoms with Gasteiger partial charge in [-0.15, -0.1) is 0 Å². The summed E-state index contributed by atoms with van der Waals surface area (Å²) in [6, 6.07) is 12.4. The minimum atomic E-state index is 0.0587. The molecular weight excluding hydrogens is 248 g/mol. The van der Waals surface area contributed by atoms with Gasteiger partial charge >= 0.3 is 0 Å². The van der Waals surface area contributed by atoms with Gasteiger partial charge in [-0.3, -0.25) is 5.41 Å². The number of anilines is 2. The third kappa shape index (κ3) is 2.03. The number of hydrogen-bond acceptors (Lipinski definition) is 3. The van der Waals surface area contributed by atoms with E-state index in [2.05, 4.69) is 35.0 Å². The zero-order chi connectivity index (χ0) is 14.1. The van der Waals surface area contributed by atoms with Crippen molar-refractivity contribution in [3.8, 4) is 0 Å². The van der Waals surface area contributed by atoms with Crippen LogP contribution < -0.4 is 10.6 Å². The predicted octanol–water partition coefficient (Wildman–Crippen LogP) is 2.84. The molecule has 0 saturated carbocycles. The molecule has 0 radical (unpaired) electrons. The summed E-state index contributed by atoms with van der Waals surface area (Å²) in [7, 11) is 0. The van der Waals surface area contributed by atoms with Crippen molar-refractivity contribution >= 4 is 17.3 Å². The first-order valence-electron chi connectivity index (χ1n) is 6.85. The Morgan fingerprint density at radius 3 is 2.90 bits per heavy atom. The van der Waals surface area contributed by atoms with Crippen molar-refractivity contribution in [1.29, 1.82) is 5.41 Å². The quantitative estimate of drug-likeness (QED) is 0.649. The highest BCUT2D eigenvalue weighted by molar-refractivity contribution is 6.00. The number of aryl methyl sites for hydroxylation is 1. The lowest BCUT2D eigenvalue weighted by molar-refractivity contribution is 0.613. The molecule has 0 spiro atoms. The van der Waals surface area contributed by atoms with Crippen molar-refractivity contribution in [3.63, 3.8) is 0 Å². The van der Waals surface area contributed by atoms with Crippen LogP contribution in [0.25, 0.3) is 0 Å². The fourth-order valence-electron chi connectivity index (χ4n) is 2.81. The Bertz CT molecular complexity index is 650. The van der Waals surface area contributed by atoms with Crippen molar-refractivity contribution in [1.82, 2.24) is 4.98 Å². The molecule has 0 fully saturated rings. The molecule has 1 unspecified atom stereocenters. The van der Waals surface area contributed by atoms with Gasteiger partial charge < -0.3 is 10.6 Å². The second-order valence-electron chi connectivity index (χ2n) is 5.17. The van der Waals surface area contributed by atoms with Gasteiger partial charge in [-0.2, -0.15) is 0 Å². The van der Waals surface area contributed by atoms with E-state index in [-0.39, 0.29) is 5.84 Å². The van der Waals surface area contributed by atoms with Gasteiger partial charge in [0.15, 0.2) is 0 Å². The van der Waals surface area contributed by atoms with E-state index in [4.69, 9.17) is 11.1 Å². The topological polar surface area (TPSA) is 66.0 Å². The summed E-state index contributed by atoms with van der Waals surface area (Å²) in [6.45, 7) is 2.19. The molecule has 4 nitrogen and oxygen atoms in total. The molecule has 1 aliphatic rings. The monoisotopic (exact) mass is 266 g/mol. The summed E-state index contributed by atoms with van der Waals surface area (Å²) in [4.78, 5) is 6.68. The highest BCUT2D eigenvalue weighted by Gasteiger charge is 2.27. The van der Waals surface area contributed by atoms with E-state index in [0.29, 0.717) is 11.6 Å². The second-order valence-corrected chi connectivity index (χ2v) is 5.17. The van der Waals surface area contributed by atoms with E-state index in [1.165, 1.54) is 11.3 Å². The third-order valence-electron chi connectivity index (χ3n) is 3.83. The summed E-state index contributed by atoms with van der Waals surface area (Å²) in [5.74, 6) is 0.836. The molecule has 2 aromatic rings. The van der Waals surface area contributed by atoms with Crippen molar-refractivity contribution in [2.75, 3.05) is 4.90 Å². The number of nitrogens with zero attached hydrogens (tertiary/aromatic N) is 2. The van der Waals surface area contributed by atoms with Crippen molar-refractivity contribution in [2.45, 2.75) is 25.8 Å². The smallest absolute Gasteiger partial charge is 0.144 e. The number of nitrogens with two attached hydrogens (primary N) is 1. The van der Waals surface area contributed by atoms with Gasteiger partial charge in [0.2, 0.25) is 0 Å². The number of pyridine rings is 1. The number of para-hydroxylation sites is 1. The molecule has 20 heavy (non-hydrogen) atoms. The van der Waals surface area contributed by atoms with Crippen molar-refractivity contribution in [2.24, 2.45) is 5.73 Å². The standard InChI is InChI=1S/C16H18N4/c1-11-8-9-12-5-2-3-7-14(12)20(11)16-13(15(17)18)6-4-10-19-16/h2-7,10-11H,8-9H2,1H3,(H3,17,18). The van der Waals surface area contributed by atoms with Crippen LogP contribution in [0.4, 0.5) is 11.5 Å². The Morgan fingerprint density at radius 1 is 1.30 bits per heavy atom. The molecule has 1 aromatic carbocycles. The van der Waals surface area contributed by atoms with Gasteiger partial charge in [-0.25, -0.2) is 4.98 Å². The molecule has 3 rings (SSSR count). The average molecular weight is 266 g/mol. The fourth-order valence-corrected chi connectivity index (χ4v) is 2.81. The maximum absolute atomic E-state index is 7.76. The molecule has 0 bridgehead atoms. The number of nitrogen functional groups attached to an aromatic ring is 1. The molecule has 0 saturated heterocycles. The first-order chi connectivity index (χ1) is 9.68. The number of aromatic nitrogens is 1. The molecule has 0 aliphatic carbocycles. The van der Waals surface area contributed by atoms with Crippen molar-refractivity contribution in [3.05, 3.63) is 53.7 Å². The summed E-state index contributed by atoms with van der Waals surface area (Å²) in [5, 5.41) is 7.76. The first-order valence-corrected chi connectivity index (χ1v) is 6.85. The molecule has 1 aromatic heterocycles. The average Bonchev–Trinajstić information content (AvgIpc) is 2.47. The van der Waals surface area contributed by atoms with Gasteiger partial charge in [0.1, 0.15) is 11.7 Å². The van der Waals surface area contributed by atoms with Crippen LogP contribution in [0.2, 0.25) is 0 Å². The van der Waals surface area contributed by atoms with Crippen LogP contribution >= 0.6 is 0 Å². The molecular formula is C16H18N4. The lowest BCUT2D eigenvalue weighted by Gasteiger charge is -2.37. The summed E-state index contributed by atoms with van der Waals surface area (Å²) < 4.78 is 0. The maximum atomic E-state index is 7.76. The molecule has 3 N–H and O–H groups in total. The minimum Gasteiger partial charge on any atom is -0.384 e. The molecule has 1 aliphatic heterocycles. The van der Waals surface area contributed by atoms with E-state index in [1.807, 2.05) is 18.2 Å². The Morgan fingerprint density at radius 2 is 2.10 bits per heavy atom. The SMILES string of the molecule is CC1CCc2ccccc2N1c1ncccc1C(=N)N. The Balaban J connectivity index is 2.17. The number of hydrogen-bond donors (Lipinski definition) is 2. The van der Waals surface area contributed by atoms with E-state index < -0.39 is 0 Å². The van der Waals surface area contributed by atoms with Gasteiger partial charge in [0.25, 0.3) is 0 Å². The number of nitrogens with one attached hydrogen (secondary N) is 1. The van der Waals surface area contributed by atoms with Crippen molar-refractivity contribution < 1.29 is 0 Å². The van der Waals surface area contributed by atoms with E-state index in [1.54, 1.807) is 6.20 Å². The van der Waals surface area contributed by atoms with E-state index >= 15 is 0 Å². The first kappa shape index (κ1) is 12.7. The molecule has 102 valence electrons. The molecule has 2 heterocycles. The van der Waals surface area contributed by atoms with Gasteiger partial charge in [0.05, 0.1) is 5.56 Å². The fraction of sp³-hybridized carbons (Fsp3) is 0.250. The van der Waals surface area contributed by atoms with Gasteiger partial charge in [-0.1, -0.05) is 18.2 Å². The van der Waals surface area contributed by atoms with Crippen LogP contribution in [0.15, 0.2) is 42.6 Å². The maximum Gasteiger partial charge on any atom is 0.144 e. The predicted molar refractivity (Wildman–Crippen MR) is 81.6 cm³/mol. The zero-order valence-corrected chi connectivity index (χ0v) is 11.5. The third-order valence-corrected chi connectivity index (χ3v) is 3.83. The van der Waals surface area contributed by atoms with Crippen LogP contribution in [0, 0.1) is 5.41 Å². The van der Waals surface area contributed by atoms with E-state index in [9.17, 15) is 0 Å². The molecule has 1 atom stereocenters. The molecule has 4 heteroatoms. The minimum absolute atomic E-state index is 0.0587. The summed E-state index contributed by atoms with van der Waals surface area (Å²) in [5.41, 5.74) is 8.89. The van der Waals surface area contributed by atoms with Crippen LogP contribution in [0.1, 0.15) is 24.5 Å². The number of rotatable bonds is 2. The lowest BCUT2D eigenvalue weighted by Crippen LogP contribution is -2.35. The number of fused-ring (bicyclic) bond motifs is 1. The Kier molecular flexibility index (Phi) is 3.14. The number of amidine groups is 1. The van der Waals surface area contributed by atoms with Crippen LogP contribution in [-0.4, -0.2) is 16.9 Å². The highest BCUT2D eigenvalue weighted by Crippen LogP contribution is 2.36. The van der Waals surface area contributed by atoms with E-state index in [0.717, 1.165) is 18.7 Å². The number of benzene rings is 1. The summed E-state index contributed by atoms with van der Waals surface area (Å²) >= 11 is 0. The van der Waals surface area contributed by atoms with Gasteiger partial charge in [0, 0.05) is 17.9 Å². The lowest BCUT2D eigenvalue weighted by atomic mass is 9.96. The Labute approximate surface area is 118 Å². The van der Waals surface area contributed by atoms with Crippen LogP contribution in [0.3, 0.4) is 0 Å². The summed E-state index contributed by atoms with van der Waals surface area (Å²) in [6.07, 6.45) is 3.91. The van der Waals surface area contributed by atoms with Gasteiger partial charge in [-0.05, 0) is 43.5 Å². The zero-order valence-electron chi connectivity index (χ0n) is 11.5. The normalized spacial score (nSPS) is 17.6. The second kappa shape index (κ2) is 4.96. The largest absolute Gasteiger partial charge is 0.384 e. The van der Waals surface area contributed by atoms with Crippen LogP contribution in [-0.2, 0) is 6.42 Å². The molecule has 0 amide bonds.